The van der Waals surface area contributed by atoms with Gasteiger partial charge in [0.1, 0.15) is 11.1 Å². The number of carbonyl (C=O) groups is 2. The van der Waals surface area contributed by atoms with Crippen molar-refractivity contribution in [1.29, 1.82) is 5.26 Å². The lowest BCUT2D eigenvalue weighted by Gasteiger charge is -2.45. The number of ether oxygens (including phenoxy) is 1. The van der Waals surface area contributed by atoms with Crippen molar-refractivity contribution in [3.63, 3.8) is 0 Å². The fourth-order valence-corrected chi connectivity index (χ4v) is 6.13. The highest BCUT2D eigenvalue weighted by atomic mass is 32.1. The Morgan fingerprint density at radius 2 is 2.09 bits per heavy atom. The number of methoxy groups -OCH3 is 1. The van der Waals surface area contributed by atoms with Crippen molar-refractivity contribution in [2.75, 3.05) is 66.8 Å². The van der Waals surface area contributed by atoms with Crippen LogP contribution in [0, 0.1) is 23.2 Å². The van der Waals surface area contributed by atoms with Crippen molar-refractivity contribution in [2.45, 2.75) is 31.7 Å². The monoisotopic (exact) mass is 476 g/mol. The lowest BCUT2D eigenvalue weighted by molar-refractivity contribution is -0.136. The molecule has 0 bridgehead atoms. The molecule has 9 nitrogen and oxygen atoms in total. The number of hydrogen-bond acceptors (Lipinski definition) is 8. The predicted molar refractivity (Wildman–Crippen MR) is 129 cm³/mol. The molecular weight excluding hydrogens is 440 g/mol. The SMILES string of the molecule is COCCCN(C(=O)NCCN(C)C)C(=O)[C@@H]1C[C@@H]2Cc3c(sc(N)c3C#N)C[C@H]2N(C)C1. The summed E-state index contributed by atoms with van der Waals surface area (Å²) < 4.78 is 5.13. The summed E-state index contributed by atoms with van der Waals surface area (Å²) in [4.78, 5) is 33.2. The van der Waals surface area contributed by atoms with Gasteiger partial charge in [-0.25, -0.2) is 4.79 Å². The van der Waals surface area contributed by atoms with Gasteiger partial charge in [-0.3, -0.25) is 9.69 Å². The number of nitrogens with zero attached hydrogens (tertiary/aromatic N) is 4. The summed E-state index contributed by atoms with van der Waals surface area (Å²) in [5.74, 6) is -0.139. The Morgan fingerprint density at radius 3 is 2.76 bits per heavy atom. The molecule has 0 unspecified atom stereocenters. The maximum Gasteiger partial charge on any atom is 0.324 e. The Balaban J connectivity index is 1.73. The molecule has 0 saturated carbocycles. The van der Waals surface area contributed by atoms with Crippen LogP contribution in [-0.2, 0) is 22.4 Å². The molecule has 3 rings (SSSR count). The highest BCUT2D eigenvalue weighted by Gasteiger charge is 2.43. The first kappa shape index (κ1) is 25.4. The summed E-state index contributed by atoms with van der Waals surface area (Å²) in [7, 11) is 7.55. The van der Waals surface area contributed by atoms with Crippen LogP contribution in [0.3, 0.4) is 0 Å². The number of anilines is 1. The van der Waals surface area contributed by atoms with Crippen LogP contribution >= 0.6 is 11.3 Å². The minimum Gasteiger partial charge on any atom is -0.389 e. The van der Waals surface area contributed by atoms with Crippen LogP contribution in [-0.4, -0.2) is 93.7 Å². The van der Waals surface area contributed by atoms with Crippen molar-refractivity contribution < 1.29 is 14.3 Å². The maximum atomic E-state index is 13.5. The van der Waals surface area contributed by atoms with Crippen molar-refractivity contribution in [3.05, 3.63) is 16.0 Å². The van der Waals surface area contributed by atoms with Gasteiger partial charge >= 0.3 is 6.03 Å². The van der Waals surface area contributed by atoms with Crippen LogP contribution in [0.2, 0.25) is 0 Å². The minimum absolute atomic E-state index is 0.130. The molecule has 3 N–H and O–H groups in total. The number of nitrogens with one attached hydrogen (secondary N) is 1. The summed E-state index contributed by atoms with van der Waals surface area (Å²) in [6.45, 7) is 2.62. The van der Waals surface area contributed by atoms with Crippen LogP contribution in [0.5, 0.6) is 0 Å². The van der Waals surface area contributed by atoms with Crippen molar-refractivity contribution in [3.8, 4) is 6.07 Å². The second-order valence-corrected chi connectivity index (χ2v) is 10.5. The predicted octanol–water partition coefficient (Wildman–Crippen LogP) is 1.37. The number of piperidine rings is 1. The largest absolute Gasteiger partial charge is 0.389 e. The second-order valence-electron chi connectivity index (χ2n) is 9.33. The van der Waals surface area contributed by atoms with Gasteiger partial charge in [-0.15, -0.1) is 11.3 Å². The Bertz CT molecular complexity index is 895. The number of imide groups is 1. The lowest BCUT2D eigenvalue weighted by atomic mass is 9.74. The quantitative estimate of drug-likeness (QED) is 0.545. The number of fused-ring (bicyclic) bond motifs is 2. The molecule has 1 saturated heterocycles. The zero-order valence-electron chi connectivity index (χ0n) is 20.1. The lowest BCUT2D eigenvalue weighted by Crippen LogP contribution is -2.55. The van der Waals surface area contributed by atoms with Crippen molar-refractivity contribution in [1.82, 2.24) is 20.0 Å². The molecular formula is C23H36N6O3S. The van der Waals surface area contributed by atoms with Gasteiger partial charge in [0, 0.05) is 50.8 Å². The summed E-state index contributed by atoms with van der Waals surface area (Å²) in [5.41, 5.74) is 7.74. The van der Waals surface area contributed by atoms with E-state index in [4.69, 9.17) is 10.5 Å². The molecule has 0 aromatic carbocycles. The minimum atomic E-state index is -0.342. The van der Waals surface area contributed by atoms with E-state index in [1.807, 2.05) is 19.0 Å². The molecule has 33 heavy (non-hydrogen) atoms. The third kappa shape index (κ3) is 5.84. The van der Waals surface area contributed by atoms with Gasteiger partial charge < -0.3 is 25.6 Å². The van der Waals surface area contributed by atoms with E-state index in [9.17, 15) is 14.9 Å². The second kappa shape index (κ2) is 11.3. The molecule has 1 aromatic heterocycles. The van der Waals surface area contributed by atoms with Gasteiger partial charge in [-0.1, -0.05) is 0 Å². The van der Waals surface area contributed by atoms with E-state index in [1.165, 1.54) is 21.1 Å². The van der Waals surface area contributed by atoms with E-state index in [-0.39, 0.29) is 23.8 Å². The number of carbonyl (C=O) groups excluding carboxylic acids is 2. The molecule has 2 heterocycles. The number of nitriles is 1. The third-order valence-corrected chi connectivity index (χ3v) is 7.81. The first-order chi connectivity index (χ1) is 15.8. The van der Waals surface area contributed by atoms with Crippen molar-refractivity contribution >= 4 is 28.3 Å². The van der Waals surface area contributed by atoms with E-state index >= 15 is 0 Å². The van der Waals surface area contributed by atoms with Crippen LogP contribution < -0.4 is 11.1 Å². The Morgan fingerprint density at radius 1 is 1.33 bits per heavy atom. The first-order valence-corrected chi connectivity index (χ1v) is 12.3. The fourth-order valence-electron chi connectivity index (χ4n) is 5.03. The molecule has 0 spiro atoms. The van der Waals surface area contributed by atoms with Crippen LogP contribution in [0.4, 0.5) is 9.80 Å². The number of urea groups is 1. The number of rotatable bonds is 8. The van der Waals surface area contributed by atoms with Gasteiger partial charge in [-0.2, -0.15) is 5.26 Å². The number of nitrogen functional groups attached to an aromatic ring is 1. The molecule has 3 amide bonds. The third-order valence-electron chi connectivity index (χ3n) is 6.72. The van der Waals surface area contributed by atoms with E-state index < -0.39 is 0 Å². The topological polar surface area (TPSA) is 115 Å². The highest BCUT2D eigenvalue weighted by molar-refractivity contribution is 7.16. The van der Waals surface area contributed by atoms with Gasteiger partial charge in [0.2, 0.25) is 5.91 Å². The maximum absolute atomic E-state index is 13.5. The summed E-state index contributed by atoms with van der Waals surface area (Å²) >= 11 is 1.52. The zero-order chi connectivity index (χ0) is 24.1. The normalized spacial score (nSPS) is 22.4. The van der Waals surface area contributed by atoms with Crippen molar-refractivity contribution in [2.24, 2.45) is 11.8 Å². The number of thiophene rings is 1. The average Bonchev–Trinajstić information content (AvgIpc) is 3.08. The first-order valence-electron chi connectivity index (χ1n) is 11.5. The number of likely N-dealkylation sites (N-methyl/N-ethyl adjacent to an activating group) is 2. The molecule has 1 fully saturated rings. The summed E-state index contributed by atoms with van der Waals surface area (Å²) in [6.07, 6.45) is 2.92. The molecule has 0 radical (unpaired) electrons. The Kier molecular flexibility index (Phi) is 8.70. The molecule has 10 heteroatoms. The van der Waals surface area contributed by atoms with Gasteiger partial charge in [0.15, 0.2) is 0 Å². The van der Waals surface area contributed by atoms with Gasteiger partial charge in [0.25, 0.3) is 0 Å². The molecule has 1 aromatic rings. The summed E-state index contributed by atoms with van der Waals surface area (Å²) in [5, 5.41) is 13.0. The average molecular weight is 477 g/mol. The number of likely N-dealkylation sites (tertiary alicyclic amines) is 1. The molecule has 182 valence electrons. The van der Waals surface area contributed by atoms with E-state index in [2.05, 4.69) is 23.3 Å². The number of nitrogens with two attached hydrogens (primary N) is 1. The smallest absolute Gasteiger partial charge is 0.324 e. The zero-order valence-corrected chi connectivity index (χ0v) is 20.9. The summed E-state index contributed by atoms with van der Waals surface area (Å²) in [6, 6.07) is 2.24. The van der Waals surface area contributed by atoms with E-state index in [1.54, 1.807) is 7.11 Å². The van der Waals surface area contributed by atoms with Crippen LogP contribution in [0.25, 0.3) is 0 Å². The standard InChI is InChI=1S/C23H36N6O3S/c1-27(2)8-6-26-23(31)29(7-5-9-32-4)22(30)16-10-15-11-17-18(13-24)21(25)33-20(17)12-19(15)28(3)14-16/h15-16,19H,5-12,14,25H2,1-4H3,(H,26,31)/t15-,16-,19-/m1/s1. The van der Waals surface area contributed by atoms with Gasteiger partial charge in [0.05, 0.1) is 11.5 Å². The number of hydrogen-bond donors (Lipinski definition) is 2. The fraction of sp³-hybridized carbons (Fsp3) is 0.696. The number of amides is 3. The van der Waals surface area contributed by atoms with E-state index in [0.29, 0.717) is 62.2 Å². The molecule has 1 aliphatic heterocycles. The molecule has 3 atom stereocenters. The Labute approximate surface area is 200 Å². The van der Waals surface area contributed by atoms with Gasteiger partial charge in [-0.05, 0) is 58.3 Å². The Hall–Kier alpha value is -2.19. The molecule has 2 aliphatic rings. The van der Waals surface area contributed by atoms with Crippen LogP contribution in [0.1, 0.15) is 28.8 Å². The van der Waals surface area contributed by atoms with E-state index in [0.717, 1.165) is 18.4 Å². The van der Waals surface area contributed by atoms with Crippen LogP contribution in [0.15, 0.2) is 0 Å². The highest BCUT2D eigenvalue weighted by Crippen LogP contribution is 2.42. The molecule has 1 aliphatic carbocycles.